The topological polar surface area (TPSA) is 66.8 Å². The Bertz CT molecular complexity index is 160. The van der Waals surface area contributed by atoms with E-state index < -0.39 is 11.4 Å². The van der Waals surface area contributed by atoms with E-state index >= 15 is 0 Å². The Morgan fingerprint density at radius 3 is 2.75 bits per heavy atom. The van der Waals surface area contributed by atoms with Gasteiger partial charge in [-0.1, -0.05) is 0 Å². The first-order chi connectivity index (χ1) is 5.71. The molecule has 1 heterocycles. The Morgan fingerprint density at radius 1 is 1.58 bits per heavy atom. The predicted molar refractivity (Wildman–Crippen MR) is 41.8 cm³/mol. The van der Waals surface area contributed by atoms with Crippen molar-refractivity contribution >= 4 is 5.97 Å². The highest BCUT2D eigenvalue weighted by atomic mass is 16.5. The molecule has 0 saturated carbocycles. The summed E-state index contributed by atoms with van der Waals surface area (Å²) in [5.41, 5.74) is -0.720. The molecule has 0 aromatic heterocycles. The average Bonchev–Trinajstić information content (AvgIpc) is 2.50. The molecule has 1 fully saturated rings. The van der Waals surface area contributed by atoms with Gasteiger partial charge in [-0.25, -0.2) is 0 Å². The van der Waals surface area contributed by atoms with Crippen LogP contribution in [0.3, 0.4) is 0 Å². The lowest BCUT2D eigenvalue weighted by atomic mass is 9.83. The minimum atomic E-state index is -0.798. The molecule has 12 heavy (non-hydrogen) atoms. The number of aliphatic carboxylic acids is 1. The van der Waals surface area contributed by atoms with E-state index in [0.717, 1.165) is 0 Å². The maximum atomic E-state index is 10.9. The lowest BCUT2D eigenvalue weighted by molar-refractivity contribution is -0.149. The van der Waals surface area contributed by atoms with Crippen molar-refractivity contribution in [1.29, 1.82) is 0 Å². The van der Waals surface area contributed by atoms with Crippen molar-refractivity contribution in [3.8, 4) is 0 Å². The largest absolute Gasteiger partial charge is 0.481 e. The van der Waals surface area contributed by atoms with Crippen LogP contribution in [0.5, 0.6) is 0 Å². The van der Waals surface area contributed by atoms with Gasteiger partial charge in [-0.15, -0.1) is 0 Å². The molecule has 2 N–H and O–H groups in total. The Morgan fingerprint density at radius 2 is 2.33 bits per heavy atom. The molecule has 0 spiro atoms. The first-order valence-corrected chi connectivity index (χ1v) is 4.13. The summed E-state index contributed by atoms with van der Waals surface area (Å²) in [7, 11) is 0. The molecular formula is C8H14O4. The first-order valence-electron chi connectivity index (χ1n) is 4.13. The monoisotopic (exact) mass is 174 g/mol. The van der Waals surface area contributed by atoms with Crippen LogP contribution in [0, 0.1) is 5.41 Å². The summed E-state index contributed by atoms with van der Waals surface area (Å²) in [6.45, 7) is 0.870. The third-order valence-electron chi connectivity index (χ3n) is 2.37. The van der Waals surface area contributed by atoms with Crippen LogP contribution < -0.4 is 0 Å². The lowest BCUT2D eigenvalue weighted by Crippen LogP contribution is -2.31. The van der Waals surface area contributed by atoms with Crippen LogP contribution in [0.4, 0.5) is 0 Å². The van der Waals surface area contributed by atoms with Gasteiger partial charge in [0, 0.05) is 13.2 Å². The van der Waals surface area contributed by atoms with E-state index in [9.17, 15) is 4.79 Å². The molecule has 4 nitrogen and oxygen atoms in total. The summed E-state index contributed by atoms with van der Waals surface area (Å²) in [6, 6.07) is 0. The van der Waals surface area contributed by atoms with Crippen LogP contribution in [-0.4, -0.2) is 36.0 Å². The molecule has 1 atom stereocenters. The van der Waals surface area contributed by atoms with Crippen LogP contribution in [0.2, 0.25) is 0 Å². The van der Waals surface area contributed by atoms with Crippen molar-refractivity contribution in [2.45, 2.75) is 19.3 Å². The van der Waals surface area contributed by atoms with Gasteiger partial charge < -0.3 is 14.9 Å². The van der Waals surface area contributed by atoms with E-state index in [2.05, 4.69) is 0 Å². The maximum Gasteiger partial charge on any atom is 0.312 e. The summed E-state index contributed by atoms with van der Waals surface area (Å²) in [4.78, 5) is 10.9. The predicted octanol–water partition coefficient (Wildman–Crippen LogP) is 0.250. The Hall–Kier alpha value is -0.610. The fraction of sp³-hybridized carbons (Fsp3) is 0.875. The summed E-state index contributed by atoms with van der Waals surface area (Å²) in [5.74, 6) is -0.798. The van der Waals surface area contributed by atoms with Crippen molar-refractivity contribution in [3.05, 3.63) is 0 Å². The van der Waals surface area contributed by atoms with Crippen molar-refractivity contribution in [3.63, 3.8) is 0 Å². The number of carboxylic acids is 1. The highest BCUT2D eigenvalue weighted by Crippen LogP contribution is 2.33. The van der Waals surface area contributed by atoms with Gasteiger partial charge in [-0.2, -0.15) is 0 Å². The molecule has 0 aliphatic carbocycles. The highest BCUT2D eigenvalue weighted by Gasteiger charge is 2.41. The molecule has 0 aromatic carbocycles. The number of hydrogen-bond donors (Lipinski definition) is 2. The summed E-state index contributed by atoms with van der Waals surface area (Å²) >= 11 is 0. The van der Waals surface area contributed by atoms with Gasteiger partial charge in [0.15, 0.2) is 0 Å². The lowest BCUT2D eigenvalue weighted by Gasteiger charge is -2.20. The number of aliphatic hydroxyl groups excluding tert-OH is 1. The fourth-order valence-corrected chi connectivity index (χ4v) is 1.50. The molecule has 70 valence electrons. The summed E-state index contributed by atoms with van der Waals surface area (Å²) < 4.78 is 5.06. The Kier molecular flexibility index (Phi) is 3.05. The molecule has 4 heteroatoms. The quantitative estimate of drug-likeness (QED) is 0.641. The van der Waals surface area contributed by atoms with E-state index in [1.54, 1.807) is 0 Å². The minimum Gasteiger partial charge on any atom is -0.481 e. The minimum absolute atomic E-state index is 0.0506. The number of carboxylic acid groups (broad SMARTS) is 1. The molecule has 0 aromatic rings. The molecule has 1 saturated heterocycles. The second kappa shape index (κ2) is 3.87. The zero-order chi connectivity index (χ0) is 9.03. The molecule has 0 amide bonds. The third kappa shape index (κ3) is 1.76. The van der Waals surface area contributed by atoms with Crippen molar-refractivity contribution < 1.29 is 19.7 Å². The second-order valence-electron chi connectivity index (χ2n) is 3.22. The first kappa shape index (κ1) is 9.48. The standard InChI is InChI=1S/C8H14O4/c9-4-1-2-8(7(10)11)3-5-12-6-8/h9H,1-6H2,(H,10,11). The van der Waals surface area contributed by atoms with Crippen LogP contribution in [0.1, 0.15) is 19.3 Å². The van der Waals surface area contributed by atoms with E-state index in [4.69, 9.17) is 14.9 Å². The van der Waals surface area contributed by atoms with Crippen molar-refractivity contribution in [2.75, 3.05) is 19.8 Å². The van der Waals surface area contributed by atoms with Crippen LogP contribution in [0.25, 0.3) is 0 Å². The Labute approximate surface area is 71.2 Å². The fourth-order valence-electron chi connectivity index (χ4n) is 1.50. The summed E-state index contributed by atoms with van der Waals surface area (Å²) in [6.07, 6.45) is 1.62. The number of aliphatic hydroxyl groups is 1. The van der Waals surface area contributed by atoms with E-state index in [1.807, 2.05) is 0 Å². The molecule has 1 rings (SSSR count). The van der Waals surface area contributed by atoms with Gasteiger partial charge in [0.1, 0.15) is 0 Å². The number of ether oxygens (including phenoxy) is 1. The number of carbonyl (C=O) groups is 1. The molecule has 1 aliphatic heterocycles. The zero-order valence-corrected chi connectivity index (χ0v) is 6.95. The SMILES string of the molecule is O=C(O)C1(CCCO)CCOC1. The third-order valence-corrected chi connectivity index (χ3v) is 2.37. The van der Waals surface area contributed by atoms with Crippen LogP contribution >= 0.6 is 0 Å². The van der Waals surface area contributed by atoms with Gasteiger partial charge in [0.2, 0.25) is 0 Å². The van der Waals surface area contributed by atoms with E-state index in [-0.39, 0.29) is 6.61 Å². The average molecular weight is 174 g/mol. The molecule has 0 radical (unpaired) electrons. The molecule has 0 bridgehead atoms. The van der Waals surface area contributed by atoms with Gasteiger partial charge in [-0.05, 0) is 19.3 Å². The van der Waals surface area contributed by atoms with Gasteiger partial charge in [0.05, 0.1) is 12.0 Å². The summed E-state index contributed by atoms with van der Waals surface area (Å²) in [5, 5.41) is 17.5. The number of rotatable bonds is 4. The van der Waals surface area contributed by atoms with Crippen LogP contribution in [0.15, 0.2) is 0 Å². The van der Waals surface area contributed by atoms with Crippen molar-refractivity contribution in [2.24, 2.45) is 5.41 Å². The van der Waals surface area contributed by atoms with Gasteiger partial charge in [0.25, 0.3) is 0 Å². The van der Waals surface area contributed by atoms with E-state index in [1.165, 1.54) is 0 Å². The molecule has 1 aliphatic rings. The normalized spacial score (nSPS) is 29.1. The number of hydrogen-bond acceptors (Lipinski definition) is 3. The molecule has 1 unspecified atom stereocenters. The zero-order valence-electron chi connectivity index (χ0n) is 6.95. The van der Waals surface area contributed by atoms with Gasteiger partial charge in [-0.3, -0.25) is 4.79 Å². The van der Waals surface area contributed by atoms with Crippen LogP contribution in [-0.2, 0) is 9.53 Å². The second-order valence-corrected chi connectivity index (χ2v) is 3.22. The highest BCUT2D eigenvalue weighted by molar-refractivity contribution is 5.75. The van der Waals surface area contributed by atoms with Crippen molar-refractivity contribution in [1.82, 2.24) is 0 Å². The smallest absolute Gasteiger partial charge is 0.312 e. The van der Waals surface area contributed by atoms with Gasteiger partial charge >= 0.3 is 5.97 Å². The maximum absolute atomic E-state index is 10.9. The Balaban J connectivity index is 2.53. The molecular weight excluding hydrogens is 160 g/mol. The van der Waals surface area contributed by atoms with E-state index in [0.29, 0.717) is 32.5 Å².